The number of nitrogens with zero attached hydrogens (tertiary/aromatic N) is 2. The average Bonchev–Trinajstić information content (AvgIpc) is 2.39. The average molecular weight is 261 g/mol. The fourth-order valence-corrected chi connectivity index (χ4v) is 2.39. The molecule has 0 spiro atoms. The van der Waals surface area contributed by atoms with Crippen molar-refractivity contribution in [1.82, 2.24) is 9.88 Å². The van der Waals surface area contributed by atoms with Gasteiger partial charge in [0.1, 0.15) is 0 Å². The molecule has 1 aliphatic heterocycles. The Labute approximate surface area is 115 Å². The van der Waals surface area contributed by atoms with E-state index >= 15 is 0 Å². The highest BCUT2D eigenvalue weighted by molar-refractivity contribution is 5.99. The van der Waals surface area contributed by atoms with Gasteiger partial charge in [0.05, 0.1) is 11.3 Å². The maximum absolute atomic E-state index is 12.6. The highest BCUT2D eigenvalue weighted by atomic mass is 16.2. The first kappa shape index (κ1) is 13.8. The lowest BCUT2D eigenvalue weighted by atomic mass is 9.82. The number of likely N-dealkylation sites (tertiary alicyclic amines) is 1. The van der Waals surface area contributed by atoms with Crippen LogP contribution in [-0.2, 0) is 0 Å². The molecule has 0 aliphatic carbocycles. The van der Waals surface area contributed by atoms with Crippen molar-refractivity contribution < 1.29 is 4.79 Å². The summed E-state index contributed by atoms with van der Waals surface area (Å²) < 4.78 is 0. The van der Waals surface area contributed by atoms with E-state index in [0.29, 0.717) is 11.0 Å². The van der Waals surface area contributed by atoms with Crippen LogP contribution < -0.4 is 5.32 Å². The third kappa shape index (κ3) is 3.25. The topological polar surface area (TPSA) is 45.2 Å². The highest BCUT2D eigenvalue weighted by Gasteiger charge is 2.29. The van der Waals surface area contributed by atoms with Crippen LogP contribution in [0.4, 0.5) is 5.69 Å². The van der Waals surface area contributed by atoms with E-state index in [4.69, 9.17) is 0 Å². The molecule has 1 aromatic heterocycles. The van der Waals surface area contributed by atoms with E-state index < -0.39 is 0 Å². The molecule has 19 heavy (non-hydrogen) atoms. The zero-order chi connectivity index (χ0) is 13.9. The number of hydrogen-bond donors (Lipinski definition) is 1. The van der Waals surface area contributed by atoms with Crippen LogP contribution in [0.3, 0.4) is 0 Å². The molecule has 1 N–H and O–H groups in total. The molecule has 1 saturated heterocycles. The Morgan fingerprint density at radius 1 is 1.42 bits per heavy atom. The number of carbonyl (C=O) groups is 1. The quantitative estimate of drug-likeness (QED) is 0.910. The molecule has 4 nitrogen and oxygen atoms in total. The first-order valence-electron chi connectivity index (χ1n) is 7.01. The minimum Gasteiger partial charge on any atom is -0.385 e. The number of anilines is 1. The van der Waals surface area contributed by atoms with Crippen LogP contribution in [0.15, 0.2) is 18.5 Å². The molecule has 0 unspecified atom stereocenters. The zero-order valence-corrected chi connectivity index (χ0v) is 12.1. The van der Waals surface area contributed by atoms with E-state index in [-0.39, 0.29) is 5.91 Å². The van der Waals surface area contributed by atoms with E-state index in [1.165, 1.54) is 0 Å². The van der Waals surface area contributed by atoms with Gasteiger partial charge in [-0.1, -0.05) is 13.8 Å². The van der Waals surface area contributed by atoms with E-state index in [0.717, 1.165) is 38.2 Å². The molecule has 0 aromatic carbocycles. The van der Waals surface area contributed by atoms with Crippen LogP contribution in [0, 0.1) is 5.41 Å². The van der Waals surface area contributed by atoms with Gasteiger partial charge in [-0.3, -0.25) is 9.78 Å². The van der Waals surface area contributed by atoms with E-state index in [1.807, 2.05) is 17.9 Å². The predicted molar refractivity (Wildman–Crippen MR) is 77.3 cm³/mol. The maximum atomic E-state index is 12.6. The molecular formula is C15H23N3O. The largest absolute Gasteiger partial charge is 0.385 e. The highest BCUT2D eigenvalue weighted by Crippen LogP contribution is 2.30. The summed E-state index contributed by atoms with van der Waals surface area (Å²) in [4.78, 5) is 18.6. The van der Waals surface area contributed by atoms with E-state index in [2.05, 4.69) is 24.1 Å². The number of piperidine rings is 1. The number of amides is 1. The molecular weight excluding hydrogens is 238 g/mol. The number of rotatable bonds is 3. The minimum atomic E-state index is 0.0968. The van der Waals surface area contributed by atoms with Crippen molar-refractivity contribution in [2.75, 3.05) is 25.0 Å². The van der Waals surface area contributed by atoms with E-state index in [9.17, 15) is 4.79 Å². The monoisotopic (exact) mass is 261 g/mol. The fraction of sp³-hybridized carbons (Fsp3) is 0.600. The van der Waals surface area contributed by atoms with Gasteiger partial charge in [-0.2, -0.15) is 0 Å². The molecule has 2 rings (SSSR count). The minimum absolute atomic E-state index is 0.0968. The zero-order valence-electron chi connectivity index (χ0n) is 12.1. The summed E-state index contributed by atoms with van der Waals surface area (Å²) in [6, 6.07) is 1.87. The first-order valence-corrected chi connectivity index (χ1v) is 7.01. The van der Waals surface area contributed by atoms with Gasteiger partial charge >= 0.3 is 0 Å². The molecule has 1 aliphatic rings. The second kappa shape index (κ2) is 5.59. The molecule has 0 bridgehead atoms. The molecule has 104 valence electrons. The van der Waals surface area contributed by atoms with Crippen LogP contribution in [0.1, 0.15) is 44.0 Å². The second-order valence-corrected chi connectivity index (χ2v) is 5.91. The smallest absolute Gasteiger partial charge is 0.257 e. The van der Waals surface area contributed by atoms with Crippen LogP contribution >= 0.6 is 0 Å². The van der Waals surface area contributed by atoms with Gasteiger partial charge in [0, 0.05) is 32.0 Å². The predicted octanol–water partition coefficient (Wildman–Crippen LogP) is 2.78. The molecule has 0 saturated carbocycles. The first-order chi connectivity index (χ1) is 9.03. The second-order valence-electron chi connectivity index (χ2n) is 5.91. The van der Waals surface area contributed by atoms with Crippen molar-refractivity contribution in [1.29, 1.82) is 0 Å². The van der Waals surface area contributed by atoms with Crippen LogP contribution in [0.2, 0.25) is 0 Å². The summed E-state index contributed by atoms with van der Waals surface area (Å²) in [5.41, 5.74) is 1.92. The van der Waals surface area contributed by atoms with Crippen molar-refractivity contribution in [2.45, 2.75) is 33.6 Å². The van der Waals surface area contributed by atoms with Crippen molar-refractivity contribution in [3.63, 3.8) is 0 Å². The van der Waals surface area contributed by atoms with Crippen molar-refractivity contribution >= 4 is 11.6 Å². The molecule has 1 amide bonds. The molecule has 0 radical (unpaired) electrons. The lowest BCUT2D eigenvalue weighted by Crippen LogP contribution is -2.41. The Morgan fingerprint density at radius 2 is 2.11 bits per heavy atom. The molecule has 1 aromatic rings. The van der Waals surface area contributed by atoms with E-state index in [1.54, 1.807) is 12.4 Å². The number of hydrogen-bond acceptors (Lipinski definition) is 3. The summed E-state index contributed by atoms with van der Waals surface area (Å²) in [6.07, 6.45) is 5.51. The molecule has 1 fully saturated rings. The number of pyridine rings is 1. The SMILES string of the molecule is CCNc1ccncc1C(=O)N1CCC(C)(C)CC1. The van der Waals surface area contributed by atoms with Gasteiger partial charge < -0.3 is 10.2 Å². The van der Waals surface area contributed by atoms with Gasteiger partial charge in [-0.05, 0) is 31.2 Å². The van der Waals surface area contributed by atoms with Crippen molar-refractivity contribution in [3.8, 4) is 0 Å². The summed E-state index contributed by atoms with van der Waals surface area (Å²) in [5.74, 6) is 0.0968. The normalized spacial score (nSPS) is 18.2. The lowest BCUT2D eigenvalue weighted by molar-refractivity contribution is 0.0631. The van der Waals surface area contributed by atoms with Crippen LogP contribution in [0.5, 0.6) is 0 Å². The van der Waals surface area contributed by atoms with Crippen LogP contribution in [-0.4, -0.2) is 35.4 Å². The summed E-state index contributed by atoms with van der Waals surface area (Å²) in [6.45, 7) is 9.04. The third-order valence-corrected chi connectivity index (χ3v) is 3.82. The van der Waals surface area contributed by atoms with Gasteiger partial charge in [0.15, 0.2) is 0 Å². The maximum Gasteiger partial charge on any atom is 0.257 e. The molecule has 0 atom stereocenters. The molecule has 2 heterocycles. The molecule has 4 heteroatoms. The standard InChI is InChI=1S/C15H23N3O/c1-4-17-13-5-8-16-11-12(13)14(19)18-9-6-15(2,3)7-10-18/h5,8,11H,4,6-7,9-10H2,1-3H3,(H,16,17). The van der Waals surface area contributed by atoms with Crippen molar-refractivity contribution in [2.24, 2.45) is 5.41 Å². The number of nitrogens with one attached hydrogen (secondary N) is 1. The fourth-order valence-electron chi connectivity index (χ4n) is 2.39. The van der Waals surface area contributed by atoms with Gasteiger partial charge in [0.25, 0.3) is 5.91 Å². The number of carbonyl (C=O) groups excluding carboxylic acids is 1. The Balaban J connectivity index is 2.12. The van der Waals surface area contributed by atoms with Gasteiger partial charge in [0.2, 0.25) is 0 Å². The summed E-state index contributed by atoms with van der Waals surface area (Å²) in [5, 5.41) is 3.22. The summed E-state index contributed by atoms with van der Waals surface area (Å²) >= 11 is 0. The Morgan fingerprint density at radius 3 is 2.74 bits per heavy atom. The Hall–Kier alpha value is -1.58. The lowest BCUT2D eigenvalue weighted by Gasteiger charge is -2.37. The van der Waals surface area contributed by atoms with Gasteiger partial charge in [-0.25, -0.2) is 0 Å². The van der Waals surface area contributed by atoms with Gasteiger partial charge in [-0.15, -0.1) is 0 Å². The summed E-state index contributed by atoms with van der Waals surface area (Å²) in [7, 11) is 0. The third-order valence-electron chi connectivity index (χ3n) is 3.82. The van der Waals surface area contributed by atoms with Crippen LogP contribution in [0.25, 0.3) is 0 Å². The van der Waals surface area contributed by atoms with Crippen molar-refractivity contribution in [3.05, 3.63) is 24.0 Å². The Bertz CT molecular complexity index is 446. The Kier molecular flexibility index (Phi) is 4.08. The number of aromatic nitrogens is 1.